The highest BCUT2D eigenvalue weighted by molar-refractivity contribution is 5.65. The molecule has 30 heavy (non-hydrogen) atoms. The minimum absolute atomic E-state index is 0.317. The van der Waals surface area contributed by atoms with Gasteiger partial charge in [0.15, 0.2) is 11.5 Å². The van der Waals surface area contributed by atoms with Gasteiger partial charge in [-0.25, -0.2) is 9.37 Å². The summed E-state index contributed by atoms with van der Waals surface area (Å²) in [4.78, 5) is 13.7. The molecule has 0 saturated carbocycles. The predicted molar refractivity (Wildman–Crippen MR) is 116 cm³/mol. The van der Waals surface area contributed by atoms with Crippen LogP contribution in [0, 0.1) is 5.82 Å². The third-order valence-electron chi connectivity index (χ3n) is 5.36. The fourth-order valence-electron chi connectivity index (χ4n) is 3.62. The first kappa shape index (κ1) is 18.5. The van der Waals surface area contributed by atoms with E-state index in [-0.39, 0.29) is 5.82 Å². The Morgan fingerprint density at radius 1 is 0.900 bits per heavy atom. The first-order valence-electron chi connectivity index (χ1n) is 9.95. The van der Waals surface area contributed by atoms with E-state index in [0.717, 1.165) is 31.9 Å². The number of hydrogen-bond donors (Lipinski definition) is 1. The van der Waals surface area contributed by atoms with Crippen LogP contribution in [0.1, 0.15) is 0 Å². The zero-order valence-corrected chi connectivity index (χ0v) is 16.7. The number of nitrogens with one attached hydrogen (secondary N) is 1. The Morgan fingerprint density at radius 3 is 2.43 bits per heavy atom. The van der Waals surface area contributed by atoms with Gasteiger partial charge < -0.3 is 15.1 Å². The topological polar surface area (TPSA) is 61.6 Å². The smallest absolute Gasteiger partial charge is 0.232 e. The van der Waals surface area contributed by atoms with Crippen molar-refractivity contribution in [2.75, 3.05) is 43.4 Å². The number of halogens is 1. The standard InChI is InChI=1S/C22H22FN7/c1-28-12-14-29(15-13-28)17-8-6-16(7-9-17)25-22-27-21(18-4-2-3-5-19(18)23)26-20-10-11-24-30(20)22/h2-11H,12-15H2,1H3,(H,25,26,27). The first-order valence-corrected chi connectivity index (χ1v) is 9.95. The highest BCUT2D eigenvalue weighted by Gasteiger charge is 2.15. The fraction of sp³-hybridized carbons (Fsp3) is 0.227. The van der Waals surface area contributed by atoms with E-state index in [2.05, 4.69) is 49.4 Å². The molecule has 0 bridgehead atoms. The van der Waals surface area contributed by atoms with Crippen molar-refractivity contribution in [1.29, 1.82) is 0 Å². The SMILES string of the molecule is CN1CCN(c2ccc(Nc3nc(-c4ccccc4F)nc4ccnn34)cc2)CC1. The highest BCUT2D eigenvalue weighted by atomic mass is 19.1. The monoisotopic (exact) mass is 403 g/mol. The number of aromatic nitrogens is 4. The number of anilines is 3. The van der Waals surface area contributed by atoms with Gasteiger partial charge in [0, 0.05) is 43.6 Å². The Labute approximate surface area is 173 Å². The van der Waals surface area contributed by atoms with Crippen LogP contribution in [0.25, 0.3) is 17.0 Å². The summed E-state index contributed by atoms with van der Waals surface area (Å²) in [5.74, 6) is 0.442. The summed E-state index contributed by atoms with van der Waals surface area (Å²) in [5, 5.41) is 7.59. The number of benzene rings is 2. The summed E-state index contributed by atoms with van der Waals surface area (Å²) in [7, 11) is 2.15. The molecule has 4 aromatic rings. The second-order valence-electron chi connectivity index (χ2n) is 7.41. The number of nitrogens with zero attached hydrogens (tertiary/aromatic N) is 6. The molecule has 0 unspecified atom stereocenters. The average Bonchev–Trinajstić information content (AvgIpc) is 3.24. The van der Waals surface area contributed by atoms with Crippen LogP contribution >= 0.6 is 0 Å². The van der Waals surface area contributed by atoms with Crippen molar-refractivity contribution in [3.63, 3.8) is 0 Å². The average molecular weight is 403 g/mol. The summed E-state index contributed by atoms with van der Waals surface area (Å²) >= 11 is 0. The van der Waals surface area contributed by atoms with Gasteiger partial charge in [-0.05, 0) is 43.4 Å². The van der Waals surface area contributed by atoms with E-state index in [1.165, 1.54) is 11.8 Å². The van der Waals surface area contributed by atoms with Crippen molar-refractivity contribution in [3.05, 3.63) is 66.6 Å². The number of likely N-dealkylation sites (N-methyl/N-ethyl adjacent to an activating group) is 1. The maximum atomic E-state index is 14.3. The van der Waals surface area contributed by atoms with Gasteiger partial charge in [0.1, 0.15) is 5.82 Å². The van der Waals surface area contributed by atoms with Crippen molar-refractivity contribution in [2.45, 2.75) is 0 Å². The molecule has 0 amide bonds. The molecule has 1 N–H and O–H groups in total. The van der Waals surface area contributed by atoms with Crippen LogP contribution < -0.4 is 10.2 Å². The molecule has 3 heterocycles. The van der Waals surface area contributed by atoms with Crippen LogP contribution in [-0.2, 0) is 0 Å². The molecule has 5 rings (SSSR count). The van der Waals surface area contributed by atoms with Gasteiger partial charge in [-0.15, -0.1) is 0 Å². The zero-order chi connectivity index (χ0) is 20.5. The van der Waals surface area contributed by atoms with E-state index in [1.54, 1.807) is 35.0 Å². The zero-order valence-electron chi connectivity index (χ0n) is 16.7. The Balaban J connectivity index is 1.44. The van der Waals surface area contributed by atoms with E-state index in [4.69, 9.17) is 0 Å². The van der Waals surface area contributed by atoms with Crippen molar-refractivity contribution < 1.29 is 4.39 Å². The van der Waals surface area contributed by atoms with Crippen molar-refractivity contribution in [3.8, 4) is 11.4 Å². The third-order valence-corrected chi connectivity index (χ3v) is 5.36. The van der Waals surface area contributed by atoms with Crippen LogP contribution in [0.4, 0.5) is 21.7 Å². The second-order valence-corrected chi connectivity index (χ2v) is 7.41. The molecule has 2 aromatic heterocycles. The Hall–Kier alpha value is -3.52. The Morgan fingerprint density at radius 2 is 1.67 bits per heavy atom. The lowest BCUT2D eigenvalue weighted by atomic mass is 10.2. The number of fused-ring (bicyclic) bond motifs is 1. The van der Waals surface area contributed by atoms with Crippen molar-refractivity contribution in [2.24, 2.45) is 0 Å². The summed E-state index contributed by atoms with van der Waals surface area (Å²) in [6.07, 6.45) is 1.65. The van der Waals surface area contributed by atoms with Crippen molar-refractivity contribution >= 4 is 23.0 Å². The molecule has 1 aliphatic rings. The molecule has 8 heteroatoms. The molecular weight excluding hydrogens is 381 g/mol. The lowest BCUT2D eigenvalue weighted by Crippen LogP contribution is -2.44. The molecule has 7 nitrogen and oxygen atoms in total. The van der Waals surface area contributed by atoms with E-state index in [0.29, 0.717) is 23.0 Å². The molecule has 0 spiro atoms. The van der Waals surface area contributed by atoms with Gasteiger partial charge in [0.05, 0.1) is 11.8 Å². The molecule has 1 aliphatic heterocycles. The largest absolute Gasteiger partial charge is 0.369 e. The van der Waals surface area contributed by atoms with Crippen LogP contribution in [0.3, 0.4) is 0 Å². The second kappa shape index (κ2) is 7.72. The molecule has 0 aliphatic carbocycles. The van der Waals surface area contributed by atoms with E-state index >= 15 is 0 Å². The molecule has 0 atom stereocenters. The fourth-order valence-corrected chi connectivity index (χ4v) is 3.62. The summed E-state index contributed by atoms with van der Waals surface area (Å²) in [5.41, 5.74) is 3.03. The first-order chi connectivity index (χ1) is 14.7. The maximum absolute atomic E-state index is 14.3. The quantitative estimate of drug-likeness (QED) is 0.563. The lowest BCUT2D eigenvalue weighted by Gasteiger charge is -2.34. The van der Waals surface area contributed by atoms with Crippen molar-refractivity contribution in [1.82, 2.24) is 24.5 Å². The Bertz CT molecular complexity index is 1160. The molecule has 1 fully saturated rings. The van der Waals surface area contributed by atoms with E-state index < -0.39 is 0 Å². The van der Waals surface area contributed by atoms with Gasteiger partial charge in [0.2, 0.25) is 5.95 Å². The maximum Gasteiger partial charge on any atom is 0.232 e. The minimum atomic E-state index is -0.358. The predicted octanol–water partition coefficient (Wildman–Crippen LogP) is 3.43. The van der Waals surface area contributed by atoms with Crippen LogP contribution in [-0.4, -0.2) is 57.7 Å². The van der Waals surface area contributed by atoms with Gasteiger partial charge in [-0.1, -0.05) is 12.1 Å². The Kier molecular flexibility index (Phi) is 4.76. The number of hydrogen-bond acceptors (Lipinski definition) is 6. The minimum Gasteiger partial charge on any atom is -0.369 e. The normalized spacial score (nSPS) is 14.9. The van der Waals surface area contributed by atoms with Gasteiger partial charge >= 0.3 is 0 Å². The summed E-state index contributed by atoms with van der Waals surface area (Å²) in [6.45, 7) is 4.18. The molecule has 0 radical (unpaired) electrons. The highest BCUT2D eigenvalue weighted by Crippen LogP contribution is 2.24. The lowest BCUT2D eigenvalue weighted by molar-refractivity contribution is 0.313. The van der Waals surface area contributed by atoms with Gasteiger partial charge in [-0.3, -0.25) is 0 Å². The molecule has 2 aromatic carbocycles. The van der Waals surface area contributed by atoms with Crippen LogP contribution in [0.2, 0.25) is 0 Å². The number of piperazine rings is 1. The summed E-state index contributed by atoms with van der Waals surface area (Å²) in [6, 6.07) is 16.5. The summed E-state index contributed by atoms with van der Waals surface area (Å²) < 4.78 is 15.9. The number of rotatable bonds is 4. The van der Waals surface area contributed by atoms with Crippen LogP contribution in [0.15, 0.2) is 60.8 Å². The molecule has 152 valence electrons. The third kappa shape index (κ3) is 3.57. The van der Waals surface area contributed by atoms with Gasteiger partial charge in [0.25, 0.3) is 0 Å². The molecule has 1 saturated heterocycles. The van der Waals surface area contributed by atoms with Crippen LogP contribution in [0.5, 0.6) is 0 Å². The van der Waals surface area contributed by atoms with E-state index in [9.17, 15) is 4.39 Å². The molecular formula is C22H22FN7. The van der Waals surface area contributed by atoms with E-state index in [1.807, 2.05) is 12.1 Å². The van der Waals surface area contributed by atoms with Gasteiger partial charge in [-0.2, -0.15) is 14.6 Å².